The first kappa shape index (κ1) is 9.35. The predicted octanol–water partition coefficient (Wildman–Crippen LogP) is 2.32. The van der Waals surface area contributed by atoms with Crippen LogP contribution in [0.25, 0.3) is 11.3 Å². The maximum Gasteiger partial charge on any atom is 0.116 e. The van der Waals surface area contributed by atoms with E-state index in [-0.39, 0.29) is 0 Å². The van der Waals surface area contributed by atoms with Crippen molar-refractivity contribution in [1.82, 2.24) is 9.97 Å². The fourth-order valence-electron chi connectivity index (χ4n) is 1.42. The highest BCUT2D eigenvalue weighted by molar-refractivity contribution is 5.64. The zero-order valence-electron chi connectivity index (χ0n) is 8.31. The number of aromatic nitrogens is 2. The van der Waals surface area contributed by atoms with Crippen LogP contribution < -0.4 is 0 Å². The van der Waals surface area contributed by atoms with E-state index in [1.807, 2.05) is 25.1 Å². The van der Waals surface area contributed by atoms with Crippen LogP contribution in [0, 0.1) is 18.3 Å². The normalized spacial score (nSPS) is 9.60. The third kappa shape index (κ3) is 1.84. The Bertz CT molecular complexity index is 512. The number of benzene rings is 1. The van der Waals surface area contributed by atoms with Crippen LogP contribution in [0.3, 0.4) is 0 Å². The molecular weight excluding hydrogens is 186 g/mol. The van der Waals surface area contributed by atoms with Crippen molar-refractivity contribution in [1.29, 1.82) is 5.26 Å². The molecule has 1 heterocycles. The molecule has 2 aromatic rings. The van der Waals surface area contributed by atoms with Crippen molar-refractivity contribution in [2.75, 3.05) is 0 Å². The summed E-state index contributed by atoms with van der Waals surface area (Å²) in [4.78, 5) is 8.03. The van der Waals surface area contributed by atoms with E-state index in [0.717, 1.165) is 16.8 Å². The van der Waals surface area contributed by atoms with Gasteiger partial charge in [-0.1, -0.05) is 6.07 Å². The third-order valence-corrected chi connectivity index (χ3v) is 2.22. The molecule has 0 N–H and O–H groups in total. The molecule has 0 aliphatic heterocycles. The lowest BCUT2D eigenvalue weighted by molar-refractivity contribution is 1.17. The van der Waals surface area contributed by atoms with Crippen molar-refractivity contribution in [2.45, 2.75) is 6.92 Å². The van der Waals surface area contributed by atoms with E-state index in [0.29, 0.717) is 5.56 Å². The van der Waals surface area contributed by atoms with Crippen molar-refractivity contribution >= 4 is 0 Å². The van der Waals surface area contributed by atoms with Gasteiger partial charge in [-0.05, 0) is 30.7 Å². The zero-order valence-corrected chi connectivity index (χ0v) is 8.31. The summed E-state index contributed by atoms with van der Waals surface area (Å²) in [5.41, 5.74) is 3.58. The second-order valence-electron chi connectivity index (χ2n) is 3.24. The molecular formula is C12H9N3. The molecule has 2 rings (SSSR count). The number of nitrogens with zero attached hydrogens (tertiary/aromatic N) is 3. The van der Waals surface area contributed by atoms with Gasteiger partial charge in [-0.2, -0.15) is 5.26 Å². The van der Waals surface area contributed by atoms with Gasteiger partial charge in [-0.3, -0.25) is 0 Å². The molecule has 0 unspecified atom stereocenters. The van der Waals surface area contributed by atoms with Crippen molar-refractivity contribution in [3.05, 3.63) is 47.9 Å². The fraction of sp³-hybridized carbons (Fsp3) is 0.0833. The highest BCUT2D eigenvalue weighted by atomic mass is 14.8. The largest absolute Gasteiger partial charge is 0.245 e. The van der Waals surface area contributed by atoms with Crippen molar-refractivity contribution in [3.63, 3.8) is 0 Å². The molecule has 3 nitrogen and oxygen atoms in total. The minimum Gasteiger partial charge on any atom is -0.245 e. The third-order valence-electron chi connectivity index (χ3n) is 2.22. The van der Waals surface area contributed by atoms with Crippen LogP contribution in [0.15, 0.2) is 36.8 Å². The van der Waals surface area contributed by atoms with Gasteiger partial charge in [0.05, 0.1) is 17.3 Å². The molecule has 1 aromatic carbocycles. The Morgan fingerprint density at radius 1 is 1.27 bits per heavy atom. The Balaban J connectivity index is 2.58. The summed E-state index contributed by atoms with van der Waals surface area (Å²) in [6.07, 6.45) is 3.20. The molecule has 15 heavy (non-hydrogen) atoms. The van der Waals surface area contributed by atoms with E-state index in [1.165, 1.54) is 6.33 Å². The SMILES string of the molecule is Cc1ccc(C#N)cc1-c1ccncn1. The second kappa shape index (κ2) is 3.89. The smallest absolute Gasteiger partial charge is 0.116 e. The van der Waals surface area contributed by atoms with Crippen LogP contribution in [0.5, 0.6) is 0 Å². The van der Waals surface area contributed by atoms with Gasteiger partial charge in [-0.25, -0.2) is 9.97 Å². The van der Waals surface area contributed by atoms with E-state index < -0.39 is 0 Å². The van der Waals surface area contributed by atoms with E-state index in [4.69, 9.17) is 5.26 Å². The van der Waals surface area contributed by atoms with Crippen LogP contribution >= 0.6 is 0 Å². The highest BCUT2D eigenvalue weighted by Gasteiger charge is 2.03. The van der Waals surface area contributed by atoms with Crippen LogP contribution in [0.4, 0.5) is 0 Å². The first-order valence-corrected chi connectivity index (χ1v) is 4.58. The molecule has 0 fully saturated rings. The summed E-state index contributed by atoms with van der Waals surface area (Å²) < 4.78 is 0. The zero-order chi connectivity index (χ0) is 10.7. The first-order chi connectivity index (χ1) is 7.31. The van der Waals surface area contributed by atoms with Gasteiger partial charge >= 0.3 is 0 Å². The molecule has 0 radical (unpaired) electrons. The number of nitriles is 1. The van der Waals surface area contributed by atoms with Gasteiger partial charge in [-0.15, -0.1) is 0 Å². The predicted molar refractivity (Wildman–Crippen MR) is 56.9 cm³/mol. The quantitative estimate of drug-likeness (QED) is 0.701. The lowest BCUT2D eigenvalue weighted by Crippen LogP contribution is -1.88. The van der Waals surface area contributed by atoms with E-state index in [1.54, 1.807) is 12.3 Å². The molecule has 0 bridgehead atoms. The average Bonchev–Trinajstić information content (AvgIpc) is 2.31. The minimum absolute atomic E-state index is 0.647. The lowest BCUT2D eigenvalue weighted by atomic mass is 10.0. The Kier molecular flexibility index (Phi) is 2.42. The summed E-state index contributed by atoms with van der Waals surface area (Å²) in [6, 6.07) is 9.53. The van der Waals surface area contributed by atoms with Gasteiger partial charge < -0.3 is 0 Å². The second-order valence-corrected chi connectivity index (χ2v) is 3.24. The number of aryl methyl sites for hydroxylation is 1. The Hall–Kier alpha value is -2.21. The summed E-state index contributed by atoms with van der Waals surface area (Å²) in [5.74, 6) is 0. The van der Waals surface area contributed by atoms with E-state index in [2.05, 4.69) is 16.0 Å². The standard InChI is InChI=1S/C12H9N3/c1-9-2-3-10(7-13)6-11(9)12-4-5-14-8-15-12/h2-6,8H,1H3. The molecule has 0 aliphatic carbocycles. The topological polar surface area (TPSA) is 49.6 Å². The number of rotatable bonds is 1. The number of hydrogen-bond donors (Lipinski definition) is 0. The Labute approximate surface area is 88.1 Å². The first-order valence-electron chi connectivity index (χ1n) is 4.58. The Morgan fingerprint density at radius 3 is 2.80 bits per heavy atom. The Morgan fingerprint density at radius 2 is 2.13 bits per heavy atom. The molecule has 0 saturated heterocycles. The summed E-state index contributed by atoms with van der Waals surface area (Å²) >= 11 is 0. The molecule has 0 spiro atoms. The lowest BCUT2D eigenvalue weighted by Gasteiger charge is -2.04. The van der Waals surface area contributed by atoms with Crippen molar-refractivity contribution in [2.24, 2.45) is 0 Å². The molecule has 3 heteroatoms. The van der Waals surface area contributed by atoms with E-state index in [9.17, 15) is 0 Å². The van der Waals surface area contributed by atoms with Crippen molar-refractivity contribution in [3.8, 4) is 17.3 Å². The molecule has 0 atom stereocenters. The summed E-state index contributed by atoms with van der Waals surface area (Å²) in [7, 11) is 0. The molecule has 0 amide bonds. The van der Waals surface area contributed by atoms with Gasteiger partial charge in [0, 0.05) is 11.8 Å². The van der Waals surface area contributed by atoms with Gasteiger partial charge in [0.25, 0.3) is 0 Å². The van der Waals surface area contributed by atoms with Gasteiger partial charge in [0.1, 0.15) is 6.33 Å². The average molecular weight is 195 g/mol. The van der Waals surface area contributed by atoms with Crippen LogP contribution in [0.2, 0.25) is 0 Å². The van der Waals surface area contributed by atoms with Gasteiger partial charge in [0.2, 0.25) is 0 Å². The molecule has 1 aromatic heterocycles. The molecule has 0 aliphatic rings. The fourth-order valence-corrected chi connectivity index (χ4v) is 1.42. The maximum atomic E-state index is 8.82. The van der Waals surface area contributed by atoms with Crippen molar-refractivity contribution < 1.29 is 0 Å². The highest BCUT2D eigenvalue weighted by Crippen LogP contribution is 2.21. The summed E-state index contributed by atoms with van der Waals surface area (Å²) in [5, 5.41) is 8.82. The molecule has 72 valence electrons. The minimum atomic E-state index is 0.647. The van der Waals surface area contributed by atoms with E-state index >= 15 is 0 Å². The van der Waals surface area contributed by atoms with Crippen LogP contribution in [-0.4, -0.2) is 9.97 Å². The summed E-state index contributed by atoms with van der Waals surface area (Å²) in [6.45, 7) is 2.00. The monoisotopic (exact) mass is 195 g/mol. The molecule has 0 saturated carbocycles. The van der Waals surface area contributed by atoms with Crippen LogP contribution in [-0.2, 0) is 0 Å². The van der Waals surface area contributed by atoms with Crippen LogP contribution in [0.1, 0.15) is 11.1 Å². The van der Waals surface area contributed by atoms with Gasteiger partial charge in [0.15, 0.2) is 0 Å². The maximum absolute atomic E-state index is 8.82. The number of hydrogen-bond acceptors (Lipinski definition) is 3.